The summed E-state index contributed by atoms with van der Waals surface area (Å²) in [4.78, 5) is 23.1. The number of hydrogen-bond acceptors (Lipinski definition) is 8. The molecule has 2 aromatic carbocycles. The van der Waals surface area contributed by atoms with Crippen molar-refractivity contribution in [3.05, 3.63) is 58.4 Å². The van der Waals surface area contributed by atoms with Crippen LogP contribution in [-0.2, 0) is 0 Å². The Balaban J connectivity index is 0.00000225. The zero-order valence-electron chi connectivity index (χ0n) is 14.9. The van der Waals surface area contributed by atoms with Gasteiger partial charge in [0.15, 0.2) is 22.7 Å². The van der Waals surface area contributed by atoms with Gasteiger partial charge in [0.05, 0.1) is 0 Å². The van der Waals surface area contributed by atoms with E-state index in [0.29, 0.717) is 17.2 Å². The fourth-order valence-corrected chi connectivity index (χ4v) is 2.68. The van der Waals surface area contributed by atoms with Gasteiger partial charge in [-0.15, -0.1) is 0 Å². The third-order valence-electron chi connectivity index (χ3n) is 3.87. The van der Waals surface area contributed by atoms with Crippen LogP contribution >= 0.6 is 0 Å². The summed E-state index contributed by atoms with van der Waals surface area (Å²) in [6, 6.07) is 10.8. The third-order valence-corrected chi connectivity index (χ3v) is 3.87. The molecule has 3 aromatic rings. The normalized spacial score (nSPS) is 11.7. The summed E-state index contributed by atoms with van der Waals surface area (Å²) in [5, 5.41) is 11.0. The second kappa shape index (κ2) is 8.55. The molecule has 0 unspecified atom stereocenters. The van der Waals surface area contributed by atoms with E-state index >= 15 is 0 Å². The van der Waals surface area contributed by atoms with Crippen molar-refractivity contribution in [1.82, 2.24) is 0 Å². The maximum absolute atomic E-state index is 12.2. The van der Waals surface area contributed by atoms with Crippen molar-refractivity contribution in [2.45, 2.75) is 0 Å². The molecule has 0 N–H and O–H groups in total. The minimum atomic E-state index is -1.56. The van der Waals surface area contributed by atoms with E-state index in [1.807, 2.05) is 0 Å². The van der Waals surface area contributed by atoms with E-state index in [0.717, 1.165) is 6.07 Å². The number of ether oxygens (including phenoxy) is 4. The van der Waals surface area contributed by atoms with Gasteiger partial charge in [-0.3, -0.25) is 4.79 Å². The van der Waals surface area contributed by atoms with Crippen LogP contribution in [0.2, 0.25) is 0 Å². The first-order valence-corrected chi connectivity index (χ1v) is 8.05. The van der Waals surface area contributed by atoms with Crippen LogP contribution in [0, 0.1) is 0 Å². The van der Waals surface area contributed by atoms with E-state index in [1.165, 1.54) is 6.07 Å². The van der Waals surface area contributed by atoms with Crippen LogP contribution in [0.5, 0.6) is 23.0 Å². The number of rotatable bonds is 6. The molecule has 0 aliphatic carbocycles. The van der Waals surface area contributed by atoms with Crippen molar-refractivity contribution < 1.29 is 62.8 Å². The average Bonchev–Trinajstić information content (AvgIpc) is 3.12. The van der Waals surface area contributed by atoms with E-state index in [2.05, 4.69) is 0 Å². The average molecular weight is 392 g/mol. The summed E-state index contributed by atoms with van der Waals surface area (Å²) in [5.41, 5.74) is -0.418. The van der Waals surface area contributed by atoms with Crippen LogP contribution < -0.4 is 59.0 Å². The molecule has 28 heavy (non-hydrogen) atoms. The van der Waals surface area contributed by atoms with E-state index in [9.17, 15) is 14.7 Å². The Labute approximate surface area is 180 Å². The van der Waals surface area contributed by atoms with Gasteiger partial charge in [0.25, 0.3) is 0 Å². The van der Waals surface area contributed by atoms with Gasteiger partial charge >= 0.3 is 29.6 Å². The topological polar surface area (TPSA) is 107 Å². The first-order valence-electron chi connectivity index (χ1n) is 8.05. The SMILES string of the molecule is O=C([O-])c1cc(=O)c2c(OCCOc3ccc4c(c3)OCO4)cccc2o1.[Na+]. The minimum absolute atomic E-state index is 0. The molecule has 1 aliphatic rings. The maximum Gasteiger partial charge on any atom is 1.00 e. The van der Waals surface area contributed by atoms with Crippen molar-refractivity contribution in [2.75, 3.05) is 20.0 Å². The van der Waals surface area contributed by atoms with Crippen LogP contribution in [0.15, 0.2) is 51.7 Å². The molecule has 0 spiro atoms. The summed E-state index contributed by atoms with van der Waals surface area (Å²) in [7, 11) is 0. The van der Waals surface area contributed by atoms with Gasteiger partial charge in [-0.1, -0.05) is 6.07 Å². The molecule has 138 valence electrons. The van der Waals surface area contributed by atoms with Crippen LogP contribution in [0.25, 0.3) is 11.0 Å². The number of aromatic carboxylic acids is 1. The minimum Gasteiger partial charge on any atom is -0.542 e. The summed E-state index contributed by atoms with van der Waals surface area (Å²) in [5.74, 6) is 0.0633. The van der Waals surface area contributed by atoms with E-state index in [4.69, 9.17) is 23.4 Å². The maximum atomic E-state index is 12.2. The fraction of sp³-hybridized carbons (Fsp3) is 0.158. The molecule has 4 rings (SSSR count). The van der Waals surface area contributed by atoms with Crippen molar-refractivity contribution in [3.63, 3.8) is 0 Å². The first-order chi connectivity index (χ1) is 13.1. The number of benzene rings is 2. The molecule has 0 atom stereocenters. The monoisotopic (exact) mass is 392 g/mol. The van der Waals surface area contributed by atoms with Gasteiger partial charge in [0, 0.05) is 12.1 Å². The number of carbonyl (C=O) groups is 1. The molecular formula is C19H13NaO8. The molecule has 0 fully saturated rings. The molecular weight excluding hydrogens is 379 g/mol. The summed E-state index contributed by atoms with van der Waals surface area (Å²) >= 11 is 0. The van der Waals surface area contributed by atoms with Gasteiger partial charge in [-0.05, 0) is 24.3 Å². The molecule has 1 aliphatic heterocycles. The van der Waals surface area contributed by atoms with Gasteiger partial charge < -0.3 is 33.3 Å². The van der Waals surface area contributed by atoms with Crippen LogP contribution in [0.1, 0.15) is 10.6 Å². The summed E-state index contributed by atoms with van der Waals surface area (Å²) < 4.78 is 26.9. The Morgan fingerprint density at radius 1 is 1.04 bits per heavy atom. The molecule has 9 heteroatoms. The predicted octanol–water partition coefficient (Wildman–Crippen LogP) is -1.65. The third kappa shape index (κ3) is 4.09. The van der Waals surface area contributed by atoms with Crippen molar-refractivity contribution in [3.8, 4) is 23.0 Å². The van der Waals surface area contributed by atoms with Crippen molar-refractivity contribution in [2.24, 2.45) is 0 Å². The smallest absolute Gasteiger partial charge is 0.542 e. The second-order valence-corrected chi connectivity index (χ2v) is 5.60. The number of carboxylic acid groups (broad SMARTS) is 1. The molecule has 0 saturated heterocycles. The Morgan fingerprint density at radius 2 is 1.82 bits per heavy atom. The Hall–Kier alpha value is -2.68. The van der Waals surface area contributed by atoms with E-state index in [1.54, 1.807) is 30.3 Å². The molecule has 1 aromatic heterocycles. The molecule has 0 saturated carbocycles. The molecule has 8 nitrogen and oxygen atoms in total. The standard InChI is InChI=1S/C19H14O8.Na/c20-12-9-17(19(21)22)27-15-3-1-2-14(18(12)15)24-7-6-23-11-4-5-13-16(8-11)26-10-25-13;/h1-5,8-9H,6-7,10H2,(H,21,22);/q;+1/p-1. The zero-order chi connectivity index (χ0) is 18.8. The Morgan fingerprint density at radius 3 is 2.64 bits per heavy atom. The van der Waals surface area contributed by atoms with Crippen molar-refractivity contribution in [1.29, 1.82) is 0 Å². The van der Waals surface area contributed by atoms with Gasteiger partial charge in [-0.25, -0.2) is 0 Å². The summed E-state index contributed by atoms with van der Waals surface area (Å²) in [6.07, 6.45) is 0. The van der Waals surface area contributed by atoms with Crippen LogP contribution in [0.4, 0.5) is 0 Å². The Kier molecular flexibility index (Phi) is 6.13. The van der Waals surface area contributed by atoms with Gasteiger partial charge in [-0.2, -0.15) is 0 Å². The largest absolute Gasteiger partial charge is 1.00 e. The molecule has 0 bridgehead atoms. The quantitative estimate of drug-likeness (QED) is 0.363. The summed E-state index contributed by atoms with van der Waals surface area (Å²) in [6.45, 7) is 0.568. The molecule has 0 radical (unpaired) electrons. The second-order valence-electron chi connectivity index (χ2n) is 5.60. The fourth-order valence-electron chi connectivity index (χ4n) is 2.68. The van der Waals surface area contributed by atoms with Gasteiger partial charge in [0.1, 0.15) is 41.7 Å². The number of carbonyl (C=O) groups excluding carboxylic acids is 1. The van der Waals surface area contributed by atoms with E-state index < -0.39 is 17.2 Å². The van der Waals surface area contributed by atoms with E-state index in [-0.39, 0.29) is 66.3 Å². The molecule has 0 amide bonds. The Bertz CT molecular complexity index is 1080. The number of carboxylic acids is 1. The van der Waals surface area contributed by atoms with Crippen molar-refractivity contribution >= 4 is 16.9 Å². The number of fused-ring (bicyclic) bond motifs is 2. The van der Waals surface area contributed by atoms with Crippen LogP contribution in [-0.4, -0.2) is 26.0 Å². The number of hydrogen-bond donors (Lipinski definition) is 0. The van der Waals surface area contributed by atoms with Crippen LogP contribution in [0.3, 0.4) is 0 Å². The molecule has 2 heterocycles. The van der Waals surface area contributed by atoms with Gasteiger partial charge in [0.2, 0.25) is 6.79 Å². The predicted molar refractivity (Wildman–Crippen MR) is 90.4 cm³/mol. The first kappa shape index (κ1) is 20.1. The zero-order valence-corrected chi connectivity index (χ0v) is 16.9.